The number of carbonyl (C=O) groups excluding carboxylic acids is 2. The molecule has 174 valence electrons. The molecule has 34 heavy (non-hydrogen) atoms. The summed E-state index contributed by atoms with van der Waals surface area (Å²) in [7, 11) is 1.54. The highest BCUT2D eigenvalue weighted by atomic mass is 16.5. The van der Waals surface area contributed by atoms with Crippen molar-refractivity contribution in [2.45, 2.75) is 19.6 Å². The number of amides is 1. The maximum absolute atomic E-state index is 13.0. The Hall–Kier alpha value is -3.90. The van der Waals surface area contributed by atoms with Crippen molar-refractivity contribution < 1.29 is 24.2 Å². The summed E-state index contributed by atoms with van der Waals surface area (Å²) in [5.41, 5.74) is 3.09. The molecule has 1 amide bonds. The second-order valence-electron chi connectivity index (χ2n) is 8.15. The van der Waals surface area contributed by atoms with E-state index >= 15 is 0 Å². The van der Waals surface area contributed by atoms with Crippen LogP contribution in [0.25, 0.3) is 5.76 Å². The first-order valence-electron chi connectivity index (χ1n) is 11.1. The first-order valence-corrected chi connectivity index (χ1v) is 11.1. The summed E-state index contributed by atoms with van der Waals surface area (Å²) < 4.78 is 11.0. The normalized spacial score (nSPS) is 17.2. The van der Waals surface area contributed by atoms with Gasteiger partial charge in [-0.25, -0.2) is 0 Å². The molecule has 1 aliphatic rings. The molecule has 1 N–H and O–H groups in total. The predicted octanol–water partition coefficient (Wildman–Crippen LogP) is 4.64. The minimum Gasteiger partial charge on any atom is -0.507 e. The third kappa shape index (κ3) is 4.72. The van der Waals surface area contributed by atoms with Gasteiger partial charge in [0.2, 0.25) is 0 Å². The van der Waals surface area contributed by atoms with Crippen LogP contribution in [0.15, 0.2) is 84.4 Å². The number of likely N-dealkylation sites (tertiary alicyclic amines) is 1. The van der Waals surface area contributed by atoms with Crippen LogP contribution in [-0.2, 0) is 20.9 Å². The number of Topliss-reactive ketones (excluding diaryl/α,β-unsaturated/α-hetero) is 1. The van der Waals surface area contributed by atoms with E-state index in [0.717, 1.165) is 16.7 Å². The molecule has 0 spiro atoms. The summed E-state index contributed by atoms with van der Waals surface area (Å²) in [6.07, 6.45) is 0. The monoisotopic (exact) mass is 457 g/mol. The zero-order valence-electron chi connectivity index (χ0n) is 19.2. The molecule has 1 aliphatic heterocycles. The van der Waals surface area contributed by atoms with Gasteiger partial charge in [-0.3, -0.25) is 9.59 Å². The van der Waals surface area contributed by atoms with Crippen molar-refractivity contribution in [1.82, 2.24) is 4.90 Å². The van der Waals surface area contributed by atoms with Crippen LogP contribution in [0.5, 0.6) is 5.75 Å². The Balaban J connectivity index is 1.68. The fraction of sp³-hybridized carbons (Fsp3) is 0.214. The van der Waals surface area contributed by atoms with Gasteiger partial charge in [0, 0.05) is 19.2 Å². The van der Waals surface area contributed by atoms with Gasteiger partial charge in [-0.15, -0.1) is 0 Å². The Morgan fingerprint density at radius 3 is 2.29 bits per heavy atom. The van der Waals surface area contributed by atoms with Crippen LogP contribution >= 0.6 is 0 Å². The summed E-state index contributed by atoms with van der Waals surface area (Å²) in [5, 5.41) is 11.3. The number of nitrogens with zero attached hydrogens (tertiary/aromatic N) is 1. The second kappa shape index (κ2) is 10.4. The molecular formula is C28H27NO5. The summed E-state index contributed by atoms with van der Waals surface area (Å²) in [5.74, 6) is -0.892. The van der Waals surface area contributed by atoms with E-state index in [-0.39, 0.29) is 24.5 Å². The fourth-order valence-corrected chi connectivity index (χ4v) is 4.16. The van der Waals surface area contributed by atoms with Gasteiger partial charge < -0.3 is 19.5 Å². The molecule has 0 saturated carbocycles. The van der Waals surface area contributed by atoms with Crippen LogP contribution in [0.2, 0.25) is 0 Å². The summed E-state index contributed by atoms with van der Waals surface area (Å²) in [4.78, 5) is 27.4. The number of methoxy groups -OCH3 is 1. The van der Waals surface area contributed by atoms with Crippen molar-refractivity contribution in [2.75, 3.05) is 20.3 Å². The van der Waals surface area contributed by atoms with Crippen LogP contribution in [-0.4, -0.2) is 42.0 Å². The lowest BCUT2D eigenvalue weighted by molar-refractivity contribution is -0.140. The first-order chi connectivity index (χ1) is 16.5. The lowest BCUT2D eigenvalue weighted by atomic mass is 9.94. The van der Waals surface area contributed by atoms with Gasteiger partial charge >= 0.3 is 0 Å². The van der Waals surface area contributed by atoms with Crippen LogP contribution in [0.1, 0.15) is 28.3 Å². The van der Waals surface area contributed by atoms with Gasteiger partial charge in [-0.2, -0.15) is 0 Å². The highest BCUT2D eigenvalue weighted by molar-refractivity contribution is 6.46. The fourth-order valence-electron chi connectivity index (χ4n) is 4.16. The van der Waals surface area contributed by atoms with Gasteiger partial charge in [0.1, 0.15) is 18.1 Å². The molecular weight excluding hydrogens is 430 g/mol. The molecule has 4 rings (SSSR count). The van der Waals surface area contributed by atoms with Crippen molar-refractivity contribution in [2.24, 2.45) is 0 Å². The maximum atomic E-state index is 13.0. The van der Waals surface area contributed by atoms with Crippen molar-refractivity contribution >= 4 is 17.4 Å². The van der Waals surface area contributed by atoms with Crippen molar-refractivity contribution in [1.29, 1.82) is 0 Å². The quantitative estimate of drug-likeness (QED) is 0.303. The van der Waals surface area contributed by atoms with E-state index in [1.807, 2.05) is 73.7 Å². The number of rotatable bonds is 8. The molecule has 6 heteroatoms. The molecule has 3 aromatic carbocycles. The molecule has 3 aromatic rings. The average molecular weight is 458 g/mol. The van der Waals surface area contributed by atoms with E-state index in [9.17, 15) is 14.7 Å². The molecule has 1 atom stereocenters. The molecule has 6 nitrogen and oxygen atoms in total. The van der Waals surface area contributed by atoms with Gasteiger partial charge in [0.15, 0.2) is 0 Å². The Morgan fingerprint density at radius 2 is 1.65 bits per heavy atom. The van der Waals surface area contributed by atoms with Gasteiger partial charge in [-0.1, -0.05) is 60.7 Å². The lowest BCUT2D eigenvalue weighted by Gasteiger charge is -2.25. The standard InChI is InChI=1S/C28H27NO5/c1-19-17-22(34-18-20-9-5-3-6-10-20)13-14-23(19)26(30)24-25(21-11-7-4-8-12-21)29(15-16-33-2)28(32)27(24)31/h3-14,17,25,30H,15-16,18H2,1-2H3/t25-/m0/s1. The smallest absolute Gasteiger partial charge is 0.295 e. The molecule has 0 bridgehead atoms. The number of benzene rings is 3. The van der Waals surface area contributed by atoms with Crippen LogP contribution in [0.3, 0.4) is 0 Å². The number of hydrogen-bond acceptors (Lipinski definition) is 5. The highest BCUT2D eigenvalue weighted by Gasteiger charge is 2.45. The van der Waals surface area contributed by atoms with Gasteiger partial charge in [-0.05, 0) is 41.8 Å². The number of aryl methyl sites for hydroxylation is 1. The van der Waals surface area contributed by atoms with Crippen molar-refractivity contribution in [3.63, 3.8) is 0 Å². The second-order valence-corrected chi connectivity index (χ2v) is 8.15. The molecule has 0 radical (unpaired) electrons. The SMILES string of the molecule is COCCN1C(=O)C(=O)C(=C(O)c2ccc(OCc3ccccc3)cc2C)[C@@H]1c1ccccc1. The number of aliphatic hydroxyl groups excluding tert-OH is 1. The number of carbonyl (C=O) groups is 2. The number of ketones is 1. The zero-order chi connectivity index (χ0) is 24.1. The van der Waals surface area contributed by atoms with E-state index in [1.165, 1.54) is 4.90 Å². The van der Waals surface area contributed by atoms with Crippen molar-refractivity contribution in [3.05, 3.63) is 107 Å². The van der Waals surface area contributed by atoms with Gasteiger partial charge in [0.05, 0.1) is 18.2 Å². The maximum Gasteiger partial charge on any atom is 0.295 e. The van der Waals surface area contributed by atoms with Crippen LogP contribution < -0.4 is 4.74 Å². The molecule has 0 aliphatic carbocycles. The van der Waals surface area contributed by atoms with E-state index in [1.54, 1.807) is 19.2 Å². The molecule has 1 heterocycles. The van der Waals surface area contributed by atoms with Crippen LogP contribution in [0, 0.1) is 6.92 Å². The Labute approximate surface area is 199 Å². The Kier molecular flexibility index (Phi) is 7.09. The summed E-state index contributed by atoms with van der Waals surface area (Å²) in [6, 6.07) is 23.7. The number of aliphatic hydroxyl groups is 1. The molecule has 1 saturated heterocycles. The van der Waals surface area contributed by atoms with E-state index in [0.29, 0.717) is 17.9 Å². The van der Waals surface area contributed by atoms with Crippen molar-refractivity contribution in [3.8, 4) is 5.75 Å². The topological polar surface area (TPSA) is 76.1 Å². The van der Waals surface area contributed by atoms with E-state index in [4.69, 9.17) is 9.47 Å². The molecule has 0 aromatic heterocycles. The largest absolute Gasteiger partial charge is 0.507 e. The Bertz CT molecular complexity index is 1200. The summed E-state index contributed by atoms with van der Waals surface area (Å²) in [6.45, 7) is 2.78. The third-order valence-electron chi connectivity index (χ3n) is 5.89. The number of hydrogen-bond donors (Lipinski definition) is 1. The van der Waals surface area contributed by atoms with Gasteiger partial charge in [0.25, 0.3) is 11.7 Å². The first kappa shape index (κ1) is 23.3. The van der Waals surface area contributed by atoms with E-state index in [2.05, 4.69) is 0 Å². The predicted molar refractivity (Wildman–Crippen MR) is 129 cm³/mol. The Morgan fingerprint density at radius 1 is 0.971 bits per heavy atom. The highest BCUT2D eigenvalue weighted by Crippen LogP contribution is 2.40. The summed E-state index contributed by atoms with van der Waals surface area (Å²) >= 11 is 0. The minimum atomic E-state index is -0.703. The van der Waals surface area contributed by atoms with Crippen LogP contribution in [0.4, 0.5) is 0 Å². The average Bonchev–Trinajstić information content (AvgIpc) is 3.12. The molecule has 0 unspecified atom stereocenters. The lowest BCUT2D eigenvalue weighted by Crippen LogP contribution is -2.32. The van der Waals surface area contributed by atoms with E-state index < -0.39 is 17.7 Å². The molecule has 1 fully saturated rings. The number of ether oxygens (including phenoxy) is 2. The third-order valence-corrected chi connectivity index (χ3v) is 5.89. The zero-order valence-corrected chi connectivity index (χ0v) is 19.2. The minimum absolute atomic E-state index is 0.0772.